The third-order valence-corrected chi connectivity index (χ3v) is 2.31. The predicted molar refractivity (Wildman–Crippen MR) is 54.3 cm³/mol. The number of aliphatic hydroxyl groups excluding tert-OH is 1. The third-order valence-electron chi connectivity index (χ3n) is 2.31. The molecule has 0 saturated carbocycles. The molecular formula is C11H13NO2. The van der Waals surface area contributed by atoms with Crippen molar-refractivity contribution in [1.29, 1.82) is 0 Å². The second-order valence-corrected chi connectivity index (χ2v) is 3.35. The Morgan fingerprint density at radius 3 is 2.71 bits per heavy atom. The lowest BCUT2D eigenvalue weighted by atomic mass is 10.0. The van der Waals surface area contributed by atoms with E-state index in [4.69, 9.17) is 9.84 Å². The van der Waals surface area contributed by atoms with Gasteiger partial charge in [0.2, 0.25) is 0 Å². The van der Waals surface area contributed by atoms with Gasteiger partial charge >= 0.3 is 0 Å². The number of rotatable bonds is 2. The SMILES string of the molecule is CC1=NC(CO)C(c2ccccc2)O1. The summed E-state index contributed by atoms with van der Waals surface area (Å²) in [5, 5.41) is 9.13. The molecule has 2 rings (SSSR count). The van der Waals surface area contributed by atoms with Crippen LogP contribution in [0.4, 0.5) is 0 Å². The van der Waals surface area contributed by atoms with Gasteiger partial charge in [0.25, 0.3) is 0 Å². The van der Waals surface area contributed by atoms with Crippen molar-refractivity contribution >= 4 is 5.90 Å². The van der Waals surface area contributed by atoms with E-state index in [1.165, 1.54) is 0 Å². The minimum atomic E-state index is -0.155. The summed E-state index contributed by atoms with van der Waals surface area (Å²) in [5.41, 5.74) is 1.06. The number of hydrogen-bond acceptors (Lipinski definition) is 3. The van der Waals surface area contributed by atoms with Gasteiger partial charge in [0.05, 0.1) is 6.61 Å². The standard InChI is InChI=1S/C11H13NO2/c1-8-12-10(7-13)11(14-8)9-5-3-2-4-6-9/h2-6,10-11,13H,7H2,1H3. The molecule has 0 aliphatic carbocycles. The van der Waals surface area contributed by atoms with Crippen molar-refractivity contribution < 1.29 is 9.84 Å². The van der Waals surface area contributed by atoms with Crippen molar-refractivity contribution in [2.24, 2.45) is 4.99 Å². The predicted octanol–water partition coefficient (Wildman–Crippen LogP) is 1.54. The maximum absolute atomic E-state index is 9.13. The first-order valence-corrected chi connectivity index (χ1v) is 4.68. The summed E-state index contributed by atoms with van der Waals surface area (Å²) in [7, 11) is 0. The van der Waals surface area contributed by atoms with Gasteiger partial charge in [0, 0.05) is 6.92 Å². The van der Waals surface area contributed by atoms with E-state index < -0.39 is 0 Å². The Bertz CT molecular complexity index is 334. The molecule has 1 aliphatic heterocycles. The molecule has 0 fully saturated rings. The molecule has 14 heavy (non-hydrogen) atoms. The van der Waals surface area contributed by atoms with Gasteiger partial charge in [-0.15, -0.1) is 0 Å². The van der Waals surface area contributed by atoms with Crippen LogP contribution in [-0.2, 0) is 4.74 Å². The minimum Gasteiger partial charge on any atom is -0.471 e. The Hall–Kier alpha value is -1.35. The molecule has 3 heteroatoms. The highest BCUT2D eigenvalue weighted by Gasteiger charge is 2.29. The Balaban J connectivity index is 2.21. The van der Waals surface area contributed by atoms with Crippen LogP contribution >= 0.6 is 0 Å². The quantitative estimate of drug-likeness (QED) is 0.770. The second-order valence-electron chi connectivity index (χ2n) is 3.35. The van der Waals surface area contributed by atoms with E-state index >= 15 is 0 Å². The lowest BCUT2D eigenvalue weighted by molar-refractivity contribution is 0.150. The molecular weight excluding hydrogens is 178 g/mol. The van der Waals surface area contributed by atoms with Gasteiger partial charge in [-0.1, -0.05) is 30.3 Å². The molecule has 1 aromatic carbocycles. The molecule has 0 amide bonds. The van der Waals surface area contributed by atoms with Crippen LogP contribution in [0.2, 0.25) is 0 Å². The molecule has 0 bridgehead atoms. The van der Waals surface area contributed by atoms with E-state index in [1.807, 2.05) is 37.3 Å². The van der Waals surface area contributed by atoms with Crippen LogP contribution in [0.25, 0.3) is 0 Å². The van der Waals surface area contributed by atoms with Crippen molar-refractivity contribution in [2.45, 2.75) is 19.1 Å². The van der Waals surface area contributed by atoms with Crippen LogP contribution in [-0.4, -0.2) is 23.7 Å². The van der Waals surface area contributed by atoms with Gasteiger partial charge in [-0.25, -0.2) is 4.99 Å². The summed E-state index contributed by atoms with van der Waals surface area (Å²) in [4.78, 5) is 4.21. The van der Waals surface area contributed by atoms with Crippen molar-refractivity contribution in [3.63, 3.8) is 0 Å². The summed E-state index contributed by atoms with van der Waals surface area (Å²) in [5.74, 6) is 0.651. The zero-order valence-corrected chi connectivity index (χ0v) is 8.05. The van der Waals surface area contributed by atoms with E-state index in [2.05, 4.69) is 4.99 Å². The molecule has 0 spiro atoms. The van der Waals surface area contributed by atoms with Crippen molar-refractivity contribution in [1.82, 2.24) is 0 Å². The van der Waals surface area contributed by atoms with Crippen LogP contribution < -0.4 is 0 Å². The largest absolute Gasteiger partial charge is 0.471 e. The number of ether oxygens (including phenoxy) is 1. The fourth-order valence-corrected chi connectivity index (χ4v) is 1.66. The number of nitrogens with zero attached hydrogens (tertiary/aromatic N) is 1. The third kappa shape index (κ3) is 1.63. The van der Waals surface area contributed by atoms with Gasteiger partial charge in [0.1, 0.15) is 12.1 Å². The fraction of sp³-hybridized carbons (Fsp3) is 0.364. The molecule has 74 valence electrons. The first-order valence-electron chi connectivity index (χ1n) is 4.68. The summed E-state index contributed by atoms with van der Waals surface area (Å²) < 4.78 is 5.54. The van der Waals surface area contributed by atoms with Gasteiger partial charge in [-0.05, 0) is 5.56 Å². The number of aliphatic hydroxyl groups is 1. The van der Waals surface area contributed by atoms with Crippen molar-refractivity contribution in [2.75, 3.05) is 6.61 Å². The van der Waals surface area contributed by atoms with E-state index in [1.54, 1.807) is 0 Å². The van der Waals surface area contributed by atoms with Crippen LogP contribution in [0.1, 0.15) is 18.6 Å². The molecule has 0 radical (unpaired) electrons. The highest BCUT2D eigenvalue weighted by atomic mass is 16.5. The topological polar surface area (TPSA) is 41.8 Å². The smallest absolute Gasteiger partial charge is 0.181 e. The summed E-state index contributed by atoms with van der Waals surface area (Å²) in [6.45, 7) is 1.84. The highest BCUT2D eigenvalue weighted by Crippen LogP contribution is 2.28. The number of aliphatic imine (C=N–C) groups is 1. The number of benzene rings is 1. The van der Waals surface area contributed by atoms with Gasteiger partial charge in [-0.3, -0.25) is 0 Å². The number of hydrogen-bond donors (Lipinski definition) is 1. The van der Waals surface area contributed by atoms with Gasteiger partial charge in [-0.2, -0.15) is 0 Å². The first kappa shape index (κ1) is 9.21. The Labute approximate surface area is 83.1 Å². The van der Waals surface area contributed by atoms with Gasteiger partial charge < -0.3 is 9.84 Å². The molecule has 1 heterocycles. The normalized spacial score (nSPS) is 25.7. The Kier molecular flexibility index (Phi) is 2.50. The first-order chi connectivity index (χ1) is 6.81. The van der Waals surface area contributed by atoms with E-state index in [0.717, 1.165) is 5.56 Å². The average molecular weight is 191 g/mol. The van der Waals surface area contributed by atoms with Gasteiger partial charge in [0.15, 0.2) is 5.90 Å². The van der Waals surface area contributed by atoms with Crippen LogP contribution in [0.3, 0.4) is 0 Å². The van der Waals surface area contributed by atoms with E-state index in [-0.39, 0.29) is 18.8 Å². The Morgan fingerprint density at radius 1 is 1.36 bits per heavy atom. The maximum Gasteiger partial charge on any atom is 0.181 e. The molecule has 0 saturated heterocycles. The summed E-state index contributed by atoms with van der Waals surface area (Å²) in [6, 6.07) is 9.70. The second kappa shape index (κ2) is 3.80. The lowest BCUT2D eigenvalue weighted by Crippen LogP contribution is -2.17. The fourth-order valence-electron chi connectivity index (χ4n) is 1.66. The summed E-state index contributed by atoms with van der Waals surface area (Å²) >= 11 is 0. The van der Waals surface area contributed by atoms with Crippen LogP contribution in [0.15, 0.2) is 35.3 Å². The molecule has 0 aromatic heterocycles. The maximum atomic E-state index is 9.13. The van der Waals surface area contributed by atoms with E-state index in [0.29, 0.717) is 5.90 Å². The highest BCUT2D eigenvalue weighted by molar-refractivity contribution is 5.75. The Morgan fingerprint density at radius 2 is 2.07 bits per heavy atom. The molecule has 1 N–H and O–H groups in total. The minimum absolute atomic E-state index is 0.0247. The molecule has 3 nitrogen and oxygen atoms in total. The molecule has 2 unspecified atom stereocenters. The molecule has 1 aromatic rings. The zero-order valence-electron chi connectivity index (χ0n) is 8.05. The molecule has 2 atom stereocenters. The van der Waals surface area contributed by atoms with E-state index in [9.17, 15) is 0 Å². The van der Waals surface area contributed by atoms with Crippen molar-refractivity contribution in [3.05, 3.63) is 35.9 Å². The van der Waals surface area contributed by atoms with Crippen LogP contribution in [0, 0.1) is 0 Å². The average Bonchev–Trinajstić information content (AvgIpc) is 2.61. The van der Waals surface area contributed by atoms with Crippen molar-refractivity contribution in [3.8, 4) is 0 Å². The molecule has 1 aliphatic rings. The van der Waals surface area contributed by atoms with Crippen LogP contribution in [0.5, 0.6) is 0 Å². The summed E-state index contributed by atoms with van der Waals surface area (Å²) in [6.07, 6.45) is -0.124. The zero-order chi connectivity index (χ0) is 9.97. The monoisotopic (exact) mass is 191 g/mol. The lowest BCUT2D eigenvalue weighted by Gasteiger charge is -2.15.